The number of carbonyl (C=O) groups excluding carboxylic acids is 1. The van der Waals surface area contributed by atoms with E-state index >= 15 is 0 Å². The molecule has 2 N–H and O–H groups in total. The highest BCUT2D eigenvalue weighted by Crippen LogP contribution is 2.48. The number of benzene rings is 4. The first kappa shape index (κ1) is 52.3. The number of aromatic nitrogens is 2. The number of hydrogen-bond acceptors (Lipinski definition) is 10. The first-order chi connectivity index (χ1) is 34.9. The van der Waals surface area contributed by atoms with Crippen LogP contribution in [0.5, 0.6) is 11.5 Å². The van der Waals surface area contributed by atoms with Crippen molar-refractivity contribution < 1.29 is 38.2 Å². The summed E-state index contributed by atoms with van der Waals surface area (Å²) < 4.78 is 25.4. The van der Waals surface area contributed by atoms with Crippen LogP contribution in [-0.2, 0) is 29.9 Å². The molecular formula is C60H68N5O7+. The molecule has 0 radical (unpaired) electrons. The molecule has 0 amide bonds. The number of fused-ring (bicyclic) bond motifs is 3. The fourth-order valence-corrected chi connectivity index (χ4v) is 9.52. The van der Waals surface area contributed by atoms with E-state index in [0.717, 1.165) is 55.4 Å². The Labute approximate surface area is 424 Å². The monoisotopic (exact) mass is 971 g/mol. The van der Waals surface area contributed by atoms with E-state index in [9.17, 15) is 9.59 Å². The Kier molecular flexibility index (Phi) is 18.2. The summed E-state index contributed by atoms with van der Waals surface area (Å²) in [5.41, 5.74) is 9.37. The van der Waals surface area contributed by atoms with Gasteiger partial charge in [-0.05, 0) is 81.5 Å². The van der Waals surface area contributed by atoms with Gasteiger partial charge in [-0.15, -0.1) is 6.42 Å². The number of methoxy groups -OCH3 is 1. The first-order valence-corrected chi connectivity index (χ1v) is 25.0. The molecule has 0 aliphatic carbocycles. The molecule has 7 rings (SSSR count). The topological polar surface area (TPSA) is 135 Å². The van der Waals surface area contributed by atoms with Crippen molar-refractivity contribution in [3.8, 4) is 23.8 Å². The van der Waals surface area contributed by atoms with Gasteiger partial charge in [-0.3, -0.25) is 9.59 Å². The first-order valence-electron chi connectivity index (χ1n) is 25.0. The summed E-state index contributed by atoms with van der Waals surface area (Å²) in [6.45, 7) is 11.7. The molecule has 4 aromatic carbocycles. The smallest absolute Gasteiger partial charge is 0.305 e. The van der Waals surface area contributed by atoms with E-state index in [1.807, 2.05) is 30.3 Å². The number of hydrogen-bond donors (Lipinski definition) is 2. The Morgan fingerprint density at radius 1 is 0.764 bits per heavy atom. The van der Waals surface area contributed by atoms with Crippen molar-refractivity contribution in [3.63, 3.8) is 0 Å². The summed E-state index contributed by atoms with van der Waals surface area (Å²) in [6.07, 6.45) is 27.5. The lowest BCUT2D eigenvalue weighted by molar-refractivity contribution is -0.438. The zero-order valence-electron chi connectivity index (χ0n) is 42.4. The number of carbonyl (C=O) groups is 2. The SMILES string of the molecule is C#Cc1cccc(Nc2ncnc3cc(OCCOC)c(OCCOC(=O)CCCCCN4C(=CC=CC=CC=CC5=[N+](CCCCCC(=O)O)c6ccccc6C5(C)C)C(C)(C)c5ccccc54)cc23)c1. The molecule has 0 bridgehead atoms. The van der Waals surface area contributed by atoms with Crippen molar-refractivity contribution in [1.29, 1.82) is 0 Å². The van der Waals surface area contributed by atoms with Crippen molar-refractivity contribution in [2.75, 3.05) is 56.8 Å². The minimum absolute atomic E-state index is 0.0837. The number of nitrogens with zero attached hydrogens (tertiary/aromatic N) is 4. The van der Waals surface area contributed by atoms with Crippen LogP contribution >= 0.6 is 0 Å². The minimum atomic E-state index is -0.737. The lowest BCUT2D eigenvalue weighted by Crippen LogP contribution is -2.27. The third-order valence-corrected chi connectivity index (χ3v) is 13.2. The van der Waals surface area contributed by atoms with E-state index in [1.54, 1.807) is 13.2 Å². The maximum absolute atomic E-state index is 12.9. The van der Waals surface area contributed by atoms with Crippen molar-refractivity contribution in [3.05, 3.63) is 156 Å². The third kappa shape index (κ3) is 13.1. The van der Waals surface area contributed by atoms with Gasteiger partial charge in [0.25, 0.3) is 0 Å². The van der Waals surface area contributed by atoms with Crippen molar-refractivity contribution >= 4 is 51.4 Å². The van der Waals surface area contributed by atoms with E-state index in [4.69, 9.17) is 30.5 Å². The van der Waals surface area contributed by atoms with Crippen LogP contribution in [0.1, 0.15) is 95.8 Å². The van der Waals surface area contributed by atoms with Gasteiger partial charge in [-0.25, -0.2) is 9.97 Å². The number of anilines is 3. The van der Waals surface area contributed by atoms with Crippen LogP contribution in [0.3, 0.4) is 0 Å². The molecule has 3 heterocycles. The van der Waals surface area contributed by atoms with Gasteiger partial charge in [0, 0.05) is 90.1 Å². The molecule has 0 atom stereocenters. The second-order valence-electron chi connectivity index (χ2n) is 19.0. The van der Waals surface area contributed by atoms with Crippen LogP contribution in [0.2, 0.25) is 0 Å². The Morgan fingerprint density at radius 3 is 2.29 bits per heavy atom. The Bertz CT molecular complexity index is 2910. The summed E-state index contributed by atoms with van der Waals surface area (Å²) in [5, 5.41) is 13.1. The second kappa shape index (κ2) is 25.1. The highest BCUT2D eigenvalue weighted by Gasteiger charge is 2.44. The van der Waals surface area contributed by atoms with E-state index in [2.05, 4.69) is 149 Å². The van der Waals surface area contributed by atoms with Gasteiger partial charge < -0.3 is 34.3 Å². The van der Waals surface area contributed by atoms with Gasteiger partial charge in [-0.2, -0.15) is 4.58 Å². The van der Waals surface area contributed by atoms with E-state index in [0.29, 0.717) is 55.3 Å². The van der Waals surface area contributed by atoms with Crippen LogP contribution < -0.4 is 19.7 Å². The summed E-state index contributed by atoms with van der Waals surface area (Å²) in [6, 6.07) is 28.3. The van der Waals surface area contributed by atoms with Gasteiger partial charge in [0.05, 0.1) is 17.5 Å². The Hall–Kier alpha value is -7.49. The van der Waals surface area contributed by atoms with Gasteiger partial charge in [0.15, 0.2) is 17.2 Å². The molecule has 1 aromatic heterocycles. The van der Waals surface area contributed by atoms with Gasteiger partial charge in [0.1, 0.15) is 38.5 Å². The van der Waals surface area contributed by atoms with Crippen LogP contribution in [-0.4, -0.2) is 83.9 Å². The number of carboxylic acids is 1. The Morgan fingerprint density at radius 2 is 1.49 bits per heavy atom. The zero-order chi connectivity index (χ0) is 50.9. The lowest BCUT2D eigenvalue weighted by Gasteiger charge is -2.27. The molecule has 5 aromatic rings. The van der Waals surface area contributed by atoms with E-state index < -0.39 is 5.97 Å². The number of rotatable bonds is 26. The molecule has 0 fully saturated rings. The summed E-state index contributed by atoms with van der Waals surface area (Å²) in [4.78, 5) is 35.3. The number of unbranched alkanes of at least 4 members (excludes halogenated alkanes) is 4. The molecule has 374 valence electrons. The lowest BCUT2D eigenvalue weighted by atomic mass is 9.81. The van der Waals surface area contributed by atoms with Crippen molar-refractivity contribution in [1.82, 2.24) is 9.97 Å². The highest BCUT2D eigenvalue weighted by molar-refractivity contribution is 6.03. The van der Waals surface area contributed by atoms with Crippen LogP contribution in [0, 0.1) is 12.3 Å². The molecule has 0 unspecified atom stereocenters. The molecule has 0 spiro atoms. The molecule has 0 saturated heterocycles. The predicted octanol–water partition coefficient (Wildman–Crippen LogP) is 11.9. The molecule has 12 nitrogen and oxygen atoms in total. The largest absolute Gasteiger partial charge is 0.487 e. The van der Waals surface area contributed by atoms with Crippen LogP contribution in [0.25, 0.3) is 10.9 Å². The van der Waals surface area contributed by atoms with Crippen molar-refractivity contribution in [2.24, 2.45) is 0 Å². The quantitative estimate of drug-likeness (QED) is 0.0180. The number of para-hydroxylation sites is 2. The van der Waals surface area contributed by atoms with E-state index in [1.165, 1.54) is 40.2 Å². The number of aliphatic carboxylic acids is 1. The predicted molar refractivity (Wildman–Crippen MR) is 287 cm³/mol. The minimum Gasteiger partial charge on any atom is -0.487 e. The number of esters is 1. The number of nitrogens with one attached hydrogen (secondary N) is 1. The second-order valence-corrected chi connectivity index (χ2v) is 19.0. The molecular weight excluding hydrogens is 903 g/mol. The van der Waals surface area contributed by atoms with Gasteiger partial charge in [0.2, 0.25) is 5.69 Å². The molecule has 12 heteroatoms. The maximum Gasteiger partial charge on any atom is 0.305 e. The fraction of sp³-hybridized carbons (Fsp3) is 0.350. The summed E-state index contributed by atoms with van der Waals surface area (Å²) >= 11 is 0. The third-order valence-electron chi connectivity index (χ3n) is 13.2. The molecule has 72 heavy (non-hydrogen) atoms. The molecule has 2 aliphatic rings. The maximum atomic E-state index is 12.9. The average Bonchev–Trinajstić information content (AvgIpc) is 3.72. The number of ether oxygens (including phenoxy) is 4. The number of allylic oxidation sites excluding steroid dienone is 8. The fourth-order valence-electron chi connectivity index (χ4n) is 9.52. The van der Waals surface area contributed by atoms with Gasteiger partial charge in [-0.1, -0.05) is 99.0 Å². The highest BCUT2D eigenvalue weighted by atomic mass is 16.6. The molecule has 2 aliphatic heterocycles. The van der Waals surface area contributed by atoms with Crippen LogP contribution in [0.4, 0.5) is 22.9 Å². The molecule has 0 saturated carbocycles. The number of terminal acetylenes is 1. The number of carboxylic acid groups (broad SMARTS) is 1. The normalized spacial score (nSPS) is 15.2. The van der Waals surface area contributed by atoms with Crippen LogP contribution in [0.15, 0.2) is 139 Å². The van der Waals surface area contributed by atoms with Crippen molar-refractivity contribution in [2.45, 2.75) is 89.9 Å². The Balaban J connectivity index is 0.908. The van der Waals surface area contributed by atoms with Gasteiger partial charge >= 0.3 is 11.9 Å². The average molecular weight is 971 g/mol. The van der Waals surface area contributed by atoms with E-state index in [-0.39, 0.29) is 36.4 Å². The zero-order valence-corrected chi connectivity index (χ0v) is 42.4. The summed E-state index contributed by atoms with van der Waals surface area (Å²) in [5.74, 6) is 3.19. The summed E-state index contributed by atoms with van der Waals surface area (Å²) in [7, 11) is 1.61. The standard InChI is InChI=1S/C60H67N5O7/c1-7-44-24-23-25-45(40-44)63-58-46-41-52(53(70-37-36-69-6)42-49(46)61-43-62-58)71-38-39-72-57(68)33-16-12-22-35-65-51-29-20-18-27-48(51)60(4,5)55(65)31-14-10-8-9-13-30-54-59(2,3)47-26-17-19-28-50(47)64(54)34-21-11-15-32-56(66)67/h1,8-10,13-14,17-20,23-31,40-43H,11-12,15-16,21-22,32-39H2,2-6H3,(H-,61,62,63,66,67)/p+1.